The van der Waals surface area contributed by atoms with Gasteiger partial charge in [0, 0.05) is 30.9 Å². The van der Waals surface area contributed by atoms with E-state index in [2.05, 4.69) is 10.3 Å². The van der Waals surface area contributed by atoms with Gasteiger partial charge >= 0.3 is 0 Å². The monoisotopic (exact) mass is 313 g/mol. The average Bonchev–Trinajstić information content (AvgIpc) is 2.53. The van der Waals surface area contributed by atoms with Gasteiger partial charge in [0.1, 0.15) is 0 Å². The molecule has 0 saturated heterocycles. The van der Waals surface area contributed by atoms with Gasteiger partial charge in [0.25, 0.3) is 5.56 Å². The second kappa shape index (κ2) is 7.72. The highest BCUT2D eigenvalue weighted by molar-refractivity contribution is 5.76. The molecule has 0 unspecified atom stereocenters. The molecule has 0 radical (unpaired) electrons. The quantitative estimate of drug-likeness (QED) is 0.891. The summed E-state index contributed by atoms with van der Waals surface area (Å²) in [4.78, 5) is 28.4. The van der Waals surface area contributed by atoms with Crippen molar-refractivity contribution in [2.75, 3.05) is 0 Å². The molecule has 1 amide bonds. The van der Waals surface area contributed by atoms with E-state index in [1.807, 2.05) is 39.0 Å². The maximum absolute atomic E-state index is 12.2. The van der Waals surface area contributed by atoms with E-state index in [0.717, 1.165) is 23.4 Å². The molecule has 0 spiro atoms. The fourth-order valence-corrected chi connectivity index (χ4v) is 2.46. The first-order chi connectivity index (χ1) is 11.0. The third-order valence-corrected chi connectivity index (χ3v) is 3.87. The molecule has 1 N–H and O–H groups in total. The first-order valence-electron chi connectivity index (χ1n) is 7.89. The summed E-state index contributed by atoms with van der Waals surface area (Å²) in [7, 11) is 0. The van der Waals surface area contributed by atoms with E-state index >= 15 is 0 Å². The van der Waals surface area contributed by atoms with Gasteiger partial charge in [0.15, 0.2) is 0 Å². The number of hydrogen-bond acceptors (Lipinski definition) is 3. The summed E-state index contributed by atoms with van der Waals surface area (Å²) in [6.07, 6.45) is 2.84. The molecule has 122 valence electrons. The van der Waals surface area contributed by atoms with Crippen molar-refractivity contribution in [2.45, 2.75) is 46.2 Å². The van der Waals surface area contributed by atoms with Crippen molar-refractivity contribution in [3.8, 4) is 0 Å². The smallest absolute Gasteiger partial charge is 0.250 e. The minimum absolute atomic E-state index is 0.0746. The standard InChI is InChI=1S/C18H23N3O2/c1-4-15(16-9-8-13(2)12-19-16)20-17(22)10-11-21-14(3)6-5-7-18(21)23/h5-9,12,15H,4,10-11H2,1-3H3,(H,20,22)/t15-/m1/s1. The van der Waals surface area contributed by atoms with E-state index in [9.17, 15) is 9.59 Å². The molecule has 0 aliphatic heterocycles. The van der Waals surface area contributed by atoms with Crippen molar-refractivity contribution >= 4 is 5.91 Å². The predicted octanol–water partition coefficient (Wildman–Crippen LogP) is 2.52. The number of pyridine rings is 2. The van der Waals surface area contributed by atoms with Crippen molar-refractivity contribution in [2.24, 2.45) is 0 Å². The summed E-state index contributed by atoms with van der Waals surface area (Å²) < 4.78 is 1.62. The molecule has 5 heteroatoms. The van der Waals surface area contributed by atoms with Crippen LogP contribution in [0.3, 0.4) is 0 Å². The number of rotatable bonds is 6. The van der Waals surface area contributed by atoms with E-state index in [4.69, 9.17) is 0 Å². The number of amides is 1. The van der Waals surface area contributed by atoms with Crippen molar-refractivity contribution in [1.82, 2.24) is 14.9 Å². The summed E-state index contributed by atoms with van der Waals surface area (Å²) in [5.74, 6) is -0.0746. The number of nitrogens with zero attached hydrogens (tertiary/aromatic N) is 2. The van der Waals surface area contributed by atoms with Crippen molar-refractivity contribution < 1.29 is 4.79 Å². The molecular formula is C18H23N3O2. The Bertz CT molecular complexity index is 720. The van der Waals surface area contributed by atoms with Gasteiger partial charge in [0.05, 0.1) is 11.7 Å². The molecular weight excluding hydrogens is 290 g/mol. The Balaban J connectivity index is 1.98. The molecule has 5 nitrogen and oxygen atoms in total. The van der Waals surface area contributed by atoms with Gasteiger partial charge in [-0.1, -0.05) is 19.1 Å². The molecule has 0 aromatic carbocycles. The number of aryl methyl sites for hydroxylation is 2. The average molecular weight is 313 g/mol. The molecule has 0 aliphatic carbocycles. The normalized spacial score (nSPS) is 12.0. The molecule has 0 aliphatic rings. The van der Waals surface area contributed by atoms with Crippen LogP contribution in [0.25, 0.3) is 0 Å². The van der Waals surface area contributed by atoms with E-state index in [1.165, 1.54) is 6.07 Å². The van der Waals surface area contributed by atoms with E-state index in [1.54, 1.807) is 16.8 Å². The molecule has 0 fully saturated rings. The van der Waals surface area contributed by atoms with Gasteiger partial charge in [-0.15, -0.1) is 0 Å². The zero-order chi connectivity index (χ0) is 16.8. The fourth-order valence-electron chi connectivity index (χ4n) is 2.46. The zero-order valence-corrected chi connectivity index (χ0v) is 13.9. The van der Waals surface area contributed by atoms with Crippen LogP contribution in [0.1, 0.15) is 42.8 Å². The van der Waals surface area contributed by atoms with Gasteiger partial charge in [-0.2, -0.15) is 0 Å². The lowest BCUT2D eigenvalue weighted by atomic mass is 10.1. The largest absolute Gasteiger partial charge is 0.348 e. The topological polar surface area (TPSA) is 64.0 Å². The summed E-state index contributed by atoms with van der Waals surface area (Å²) >= 11 is 0. The maximum atomic E-state index is 12.2. The predicted molar refractivity (Wildman–Crippen MR) is 90.2 cm³/mol. The van der Waals surface area contributed by atoms with Crippen LogP contribution >= 0.6 is 0 Å². The first-order valence-corrected chi connectivity index (χ1v) is 7.89. The van der Waals surface area contributed by atoms with Crippen LogP contribution in [0.5, 0.6) is 0 Å². The molecule has 1 atom stereocenters. The van der Waals surface area contributed by atoms with Gasteiger partial charge < -0.3 is 9.88 Å². The lowest BCUT2D eigenvalue weighted by molar-refractivity contribution is -0.122. The SMILES string of the molecule is CC[C@@H](NC(=O)CCn1c(C)cccc1=O)c1ccc(C)cn1. The third kappa shape index (κ3) is 4.52. The number of hydrogen-bond donors (Lipinski definition) is 1. The van der Waals surface area contributed by atoms with E-state index in [0.29, 0.717) is 6.54 Å². The molecule has 23 heavy (non-hydrogen) atoms. The van der Waals surface area contributed by atoms with Gasteiger partial charge in [-0.3, -0.25) is 14.6 Å². The Labute approximate surface area is 136 Å². The van der Waals surface area contributed by atoms with Crippen LogP contribution in [0.15, 0.2) is 41.3 Å². The summed E-state index contributed by atoms with van der Waals surface area (Å²) in [5.41, 5.74) is 2.73. The molecule has 2 aromatic heterocycles. The minimum atomic E-state index is -0.100. The summed E-state index contributed by atoms with van der Waals surface area (Å²) in [6.45, 7) is 6.24. The second-order valence-corrected chi connectivity index (χ2v) is 5.70. The Hall–Kier alpha value is -2.43. The van der Waals surface area contributed by atoms with Crippen molar-refractivity contribution in [3.63, 3.8) is 0 Å². The lowest BCUT2D eigenvalue weighted by Gasteiger charge is -2.17. The molecule has 2 aromatic rings. The van der Waals surface area contributed by atoms with Crippen LogP contribution < -0.4 is 10.9 Å². The highest BCUT2D eigenvalue weighted by Crippen LogP contribution is 2.14. The van der Waals surface area contributed by atoms with Gasteiger partial charge in [-0.25, -0.2) is 0 Å². The highest BCUT2D eigenvalue weighted by Gasteiger charge is 2.14. The van der Waals surface area contributed by atoms with Crippen molar-refractivity contribution in [1.29, 1.82) is 0 Å². The minimum Gasteiger partial charge on any atom is -0.348 e. The molecule has 0 bridgehead atoms. The van der Waals surface area contributed by atoms with Crippen LogP contribution in [0, 0.1) is 13.8 Å². The van der Waals surface area contributed by atoms with Crippen molar-refractivity contribution in [3.05, 3.63) is 63.8 Å². The second-order valence-electron chi connectivity index (χ2n) is 5.70. The first kappa shape index (κ1) is 16.9. The van der Waals surface area contributed by atoms with Gasteiger partial charge in [-0.05, 0) is 38.0 Å². The Morgan fingerprint density at radius 3 is 2.65 bits per heavy atom. The fraction of sp³-hybridized carbons (Fsp3) is 0.389. The zero-order valence-electron chi connectivity index (χ0n) is 13.9. The summed E-state index contributed by atoms with van der Waals surface area (Å²) in [6, 6.07) is 8.93. The Kier molecular flexibility index (Phi) is 5.68. The number of carbonyl (C=O) groups is 1. The maximum Gasteiger partial charge on any atom is 0.250 e. The van der Waals surface area contributed by atoms with Crippen LogP contribution in [-0.4, -0.2) is 15.5 Å². The third-order valence-electron chi connectivity index (χ3n) is 3.87. The lowest BCUT2D eigenvalue weighted by Crippen LogP contribution is -2.31. The summed E-state index contributed by atoms with van der Waals surface area (Å²) in [5, 5.41) is 2.99. The molecule has 2 rings (SSSR count). The van der Waals surface area contributed by atoms with Crippen LogP contribution in [-0.2, 0) is 11.3 Å². The van der Waals surface area contributed by atoms with Crippen LogP contribution in [0.4, 0.5) is 0 Å². The Morgan fingerprint density at radius 1 is 1.26 bits per heavy atom. The van der Waals surface area contributed by atoms with E-state index < -0.39 is 0 Å². The molecule has 2 heterocycles. The van der Waals surface area contributed by atoms with E-state index in [-0.39, 0.29) is 23.9 Å². The van der Waals surface area contributed by atoms with Gasteiger partial charge in [0.2, 0.25) is 5.91 Å². The molecule has 0 saturated carbocycles. The Morgan fingerprint density at radius 2 is 2.04 bits per heavy atom. The number of aromatic nitrogens is 2. The number of carbonyl (C=O) groups excluding carboxylic acids is 1. The highest BCUT2D eigenvalue weighted by atomic mass is 16.2. The number of nitrogens with one attached hydrogen (secondary N) is 1. The van der Waals surface area contributed by atoms with Crippen LogP contribution in [0.2, 0.25) is 0 Å².